The van der Waals surface area contributed by atoms with E-state index in [2.05, 4.69) is 6.58 Å². The minimum Gasteiger partial charge on any atom is -0.500 e. The monoisotopic (exact) mass is 120 g/mol. The van der Waals surface area contributed by atoms with Crippen molar-refractivity contribution in [2.45, 2.75) is 0 Å². The molecular formula is C4H5FO3. The van der Waals surface area contributed by atoms with Crippen molar-refractivity contribution in [1.82, 2.24) is 0 Å². The van der Waals surface area contributed by atoms with Crippen LogP contribution < -0.4 is 0 Å². The molecule has 0 aliphatic heterocycles. The largest absolute Gasteiger partial charge is 0.500 e. The fourth-order valence-corrected chi connectivity index (χ4v) is 0.121. The SMILES string of the molecule is C=C(F)C(O)=C(O)O. The highest BCUT2D eigenvalue weighted by Gasteiger charge is 2.03. The van der Waals surface area contributed by atoms with Crippen molar-refractivity contribution >= 4 is 0 Å². The highest BCUT2D eigenvalue weighted by molar-refractivity contribution is 5.13. The first kappa shape index (κ1) is 6.81. The van der Waals surface area contributed by atoms with Crippen molar-refractivity contribution in [3.63, 3.8) is 0 Å². The molecule has 0 saturated carbocycles. The van der Waals surface area contributed by atoms with Crippen LogP contribution in [0.4, 0.5) is 4.39 Å². The quantitative estimate of drug-likeness (QED) is 0.361. The lowest BCUT2D eigenvalue weighted by atomic mass is 10.5. The summed E-state index contributed by atoms with van der Waals surface area (Å²) in [5.41, 5.74) is 0. The second kappa shape index (κ2) is 2.20. The van der Waals surface area contributed by atoms with Crippen LogP contribution in [0.5, 0.6) is 0 Å². The van der Waals surface area contributed by atoms with Gasteiger partial charge in [0.25, 0.3) is 0 Å². The summed E-state index contributed by atoms with van der Waals surface area (Å²) in [7, 11) is 0. The molecule has 0 spiro atoms. The molecule has 0 amide bonds. The summed E-state index contributed by atoms with van der Waals surface area (Å²) in [5, 5.41) is 23.9. The number of hydrogen-bond acceptors (Lipinski definition) is 3. The Morgan fingerprint density at radius 3 is 1.62 bits per heavy atom. The number of halogens is 1. The molecule has 0 saturated heterocycles. The zero-order valence-electron chi connectivity index (χ0n) is 3.93. The number of hydrogen-bond donors (Lipinski definition) is 3. The van der Waals surface area contributed by atoms with Crippen molar-refractivity contribution in [3.8, 4) is 0 Å². The van der Waals surface area contributed by atoms with E-state index in [4.69, 9.17) is 15.3 Å². The molecule has 0 atom stereocenters. The average Bonchev–Trinajstić information content (AvgIpc) is 1.64. The molecule has 0 aliphatic carbocycles. The molecule has 8 heavy (non-hydrogen) atoms. The predicted octanol–water partition coefficient (Wildman–Crippen LogP) is 1.31. The molecule has 0 fully saturated rings. The number of aliphatic hydroxyl groups is 3. The van der Waals surface area contributed by atoms with Gasteiger partial charge in [-0.25, -0.2) is 4.39 Å². The summed E-state index contributed by atoms with van der Waals surface area (Å²) >= 11 is 0. The lowest BCUT2D eigenvalue weighted by Gasteiger charge is -1.91. The Bertz CT molecular complexity index is 134. The van der Waals surface area contributed by atoms with E-state index in [0.717, 1.165) is 0 Å². The van der Waals surface area contributed by atoms with Crippen LogP contribution in [0.3, 0.4) is 0 Å². The van der Waals surface area contributed by atoms with Gasteiger partial charge in [0.05, 0.1) is 0 Å². The molecule has 0 aromatic heterocycles. The molecule has 0 heterocycles. The van der Waals surface area contributed by atoms with Gasteiger partial charge >= 0.3 is 5.95 Å². The van der Waals surface area contributed by atoms with Crippen molar-refractivity contribution in [2.24, 2.45) is 0 Å². The first-order valence-electron chi connectivity index (χ1n) is 1.71. The summed E-state index contributed by atoms with van der Waals surface area (Å²) in [6.45, 7) is 2.58. The van der Waals surface area contributed by atoms with Crippen LogP contribution in [0, 0.1) is 0 Å². The zero-order chi connectivity index (χ0) is 6.73. The molecule has 3 N–H and O–H groups in total. The minimum atomic E-state index is -1.46. The van der Waals surface area contributed by atoms with E-state index in [9.17, 15) is 4.39 Å². The first-order chi connectivity index (χ1) is 3.55. The standard InChI is InChI=1S/C4H5FO3/c1-2(5)3(6)4(7)8/h6-8H,1H2. The Kier molecular flexibility index (Phi) is 1.88. The highest BCUT2D eigenvalue weighted by Crippen LogP contribution is 2.05. The Labute approximate surface area is 45.0 Å². The molecular weight excluding hydrogens is 115 g/mol. The van der Waals surface area contributed by atoms with Crippen molar-refractivity contribution < 1.29 is 19.7 Å². The van der Waals surface area contributed by atoms with E-state index in [1.165, 1.54) is 0 Å². The molecule has 4 heteroatoms. The molecule has 46 valence electrons. The van der Waals surface area contributed by atoms with Crippen LogP contribution in [-0.2, 0) is 0 Å². The number of aliphatic hydroxyl groups excluding tert-OH is 2. The van der Waals surface area contributed by atoms with E-state index in [0.29, 0.717) is 0 Å². The van der Waals surface area contributed by atoms with Crippen molar-refractivity contribution in [3.05, 3.63) is 24.1 Å². The summed E-state index contributed by atoms with van der Waals surface area (Å²) in [4.78, 5) is 0. The van der Waals surface area contributed by atoms with Gasteiger partial charge in [-0.3, -0.25) is 0 Å². The zero-order valence-corrected chi connectivity index (χ0v) is 3.93. The second-order valence-electron chi connectivity index (χ2n) is 1.08. The Morgan fingerprint density at radius 2 is 1.62 bits per heavy atom. The van der Waals surface area contributed by atoms with E-state index in [1.807, 2.05) is 0 Å². The van der Waals surface area contributed by atoms with E-state index in [-0.39, 0.29) is 0 Å². The van der Waals surface area contributed by atoms with Gasteiger partial charge in [0.15, 0.2) is 5.83 Å². The lowest BCUT2D eigenvalue weighted by Crippen LogP contribution is -1.87. The van der Waals surface area contributed by atoms with Crippen LogP contribution in [0.2, 0.25) is 0 Å². The maximum atomic E-state index is 11.5. The molecule has 0 bridgehead atoms. The second-order valence-corrected chi connectivity index (χ2v) is 1.08. The Hall–Kier alpha value is -1.19. The van der Waals surface area contributed by atoms with E-state index >= 15 is 0 Å². The molecule has 0 aliphatic rings. The third-order valence-corrected chi connectivity index (χ3v) is 0.469. The van der Waals surface area contributed by atoms with E-state index < -0.39 is 17.5 Å². The van der Waals surface area contributed by atoms with Gasteiger partial charge < -0.3 is 15.3 Å². The lowest BCUT2D eigenvalue weighted by molar-refractivity contribution is 0.157. The third kappa shape index (κ3) is 1.51. The van der Waals surface area contributed by atoms with Gasteiger partial charge in [0, 0.05) is 0 Å². The van der Waals surface area contributed by atoms with Gasteiger partial charge in [0.1, 0.15) is 0 Å². The van der Waals surface area contributed by atoms with Gasteiger partial charge in [-0.15, -0.1) is 0 Å². The van der Waals surface area contributed by atoms with Gasteiger partial charge in [-0.1, -0.05) is 6.58 Å². The maximum absolute atomic E-state index is 11.5. The third-order valence-electron chi connectivity index (χ3n) is 0.469. The average molecular weight is 120 g/mol. The Balaban J connectivity index is 4.23. The van der Waals surface area contributed by atoms with Crippen molar-refractivity contribution in [1.29, 1.82) is 0 Å². The number of allylic oxidation sites excluding steroid dienone is 1. The van der Waals surface area contributed by atoms with E-state index in [1.54, 1.807) is 0 Å². The minimum absolute atomic E-state index is 1.23. The molecule has 0 aromatic rings. The van der Waals surface area contributed by atoms with Gasteiger partial charge in [-0.05, 0) is 0 Å². The summed E-state index contributed by atoms with van der Waals surface area (Å²) in [5.74, 6) is -3.97. The van der Waals surface area contributed by atoms with Gasteiger partial charge in [0.2, 0.25) is 5.76 Å². The maximum Gasteiger partial charge on any atom is 0.321 e. The summed E-state index contributed by atoms with van der Waals surface area (Å²) in [6.07, 6.45) is 0. The smallest absolute Gasteiger partial charge is 0.321 e. The predicted molar refractivity (Wildman–Crippen MR) is 25.2 cm³/mol. The molecule has 0 radical (unpaired) electrons. The van der Waals surface area contributed by atoms with Crippen LogP contribution in [-0.4, -0.2) is 15.3 Å². The Morgan fingerprint density at radius 1 is 1.25 bits per heavy atom. The van der Waals surface area contributed by atoms with Crippen LogP contribution >= 0.6 is 0 Å². The normalized spacial score (nSPS) is 8.12. The molecule has 0 rings (SSSR count). The molecule has 3 nitrogen and oxygen atoms in total. The molecule has 0 unspecified atom stereocenters. The fourth-order valence-electron chi connectivity index (χ4n) is 0.121. The first-order valence-corrected chi connectivity index (χ1v) is 1.71. The topological polar surface area (TPSA) is 60.7 Å². The fraction of sp³-hybridized carbons (Fsp3) is 0. The summed E-state index contributed by atoms with van der Waals surface area (Å²) in [6, 6.07) is 0. The van der Waals surface area contributed by atoms with Crippen LogP contribution in [0.25, 0.3) is 0 Å². The molecule has 0 aromatic carbocycles. The van der Waals surface area contributed by atoms with Crippen LogP contribution in [0.1, 0.15) is 0 Å². The summed E-state index contributed by atoms with van der Waals surface area (Å²) < 4.78 is 11.5. The van der Waals surface area contributed by atoms with Crippen molar-refractivity contribution in [2.75, 3.05) is 0 Å². The highest BCUT2D eigenvalue weighted by atomic mass is 19.1. The van der Waals surface area contributed by atoms with Gasteiger partial charge in [-0.2, -0.15) is 0 Å². The number of rotatable bonds is 1. The van der Waals surface area contributed by atoms with Crippen LogP contribution in [0.15, 0.2) is 24.1 Å².